The fraction of sp³-hybridized carbons (Fsp3) is 0.333. The molecule has 1 N–H and O–H groups in total. The van der Waals surface area contributed by atoms with Gasteiger partial charge in [0.1, 0.15) is 17.1 Å². The highest BCUT2D eigenvalue weighted by Gasteiger charge is 2.25. The average molecular weight is 346 g/mol. The zero-order valence-electron chi connectivity index (χ0n) is 14.1. The quantitative estimate of drug-likeness (QED) is 0.843. The maximum absolute atomic E-state index is 14.2. The Balaban J connectivity index is 2.08. The van der Waals surface area contributed by atoms with Gasteiger partial charge in [-0.15, -0.1) is 0 Å². The summed E-state index contributed by atoms with van der Waals surface area (Å²) in [5.41, 5.74) is 1.09. The first kappa shape index (κ1) is 17.0. The highest BCUT2D eigenvalue weighted by Crippen LogP contribution is 2.29. The van der Waals surface area contributed by atoms with Gasteiger partial charge in [-0.2, -0.15) is 0 Å². The van der Waals surface area contributed by atoms with Crippen molar-refractivity contribution in [1.82, 2.24) is 4.57 Å². The molecular weight excluding hydrogens is 327 g/mol. The summed E-state index contributed by atoms with van der Waals surface area (Å²) in [7, 11) is 1.45. The molecule has 0 aliphatic carbocycles. The number of carbonyl (C=O) groups is 1. The molecule has 0 amide bonds. The van der Waals surface area contributed by atoms with Crippen LogP contribution in [0.3, 0.4) is 0 Å². The zero-order chi connectivity index (χ0) is 18.0. The van der Waals surface area contributed by atoms with E-state index in [1.165, 1.54) is 25.3 Å². The van der Waals surface area contributed by atoms with Crippen LogP contribution >= 0.6 is 0 Å². The first-order valence-electron chi connectivity index (χ1n) is 8.09. The third kappa shape index (κ3) is 3.22. The number of nitrogens with zero attached hydrogens (tertiary/aromatic N) is 1. The van der Waals surface area contributed by atoms with Crippen LogP contribution in [0, 0.1) is 5.82 Å². The van der Waals surface area contributed by atoms with E-state index in [4.69, 9.17) is 9.47 Å². The van der Waals surface area contributed by atoms with Crippen molar-refractivity contribution in [3.05, 3.63) is 51.7 Å². The Morgan fingerprint density at radius 3 is 2.80 bits per heavy atom. The van der Waals surface area contributed by atoms with Crippen molar-refractivity contribution in [1.29, 1.82) is 0 Å². The number of ether oxygens (including phenoxy) is 2. The molecular formula is C18H19FN2O4. The fourth-order valence-corrected chi connectivity index (χ4v) is 3.01. The van der Waals surface area contributed by atoms with Crippen LogP contribution < -0.4 is 15.6 Å². The second kappa shape index (κ2) is 6.96. The van der Waals surface area contributed by atoms with Crippen molar-refractivity contribution in [3.8, 4) is 5.75 Å². The van der Waals surface area contributed by atoms with Crippen molar-refractivity contribution in [3.63, 3.8) is 0 Å². The van der Waals surface area contributed by atoms with Gasteiger partial charge >= 0.3 is 5.97 Å². The van der Waals surface area contributed by atoms with E-state index in [1.54, 1.807) is 17.6 Å². The molecule has 25 heavy (non-hydrogen) atoms. The number of carbonyl (C=O) groups excluding carboxylic acids is 1. The monoisotopic (exact) mass is 346 g/mol. The molecule has 132 valence electrons. The molecule has 0 saturated carbocycles. The maximum Gasteiger partial charge on any atom is 0.342 e. The van der Waals surface area contributed by atoms with Crippen molar-refractivity contribution < 1.29 is 18.7 Å². The smallest absolute Gasteiger partial charge is 0.342 e. The summed E-state index contributed by atoms with van der Waals surface area (Å²) in [6.45, 7) is 2.50. The predicted octanol–water partition coefficient (Wildman–Crippen LogP) is 2.86. The number of rotatable bonds is 5. The summed E-state index contributed by atoms with van der Waals surface area (Å²) < 4.78 is 25.9. The highest BCUT2D eigenvalue weighted by molar-refractivity contribution is 5.97. The molecule has 2 heterocycles. The molecule has 1 aromatic carbocycles. The predicted molar refractivity (Wildman–Crippen MR) is 91.2 cm³/mol. The van der Waals surface area contributed by atoms with Gasteiger partial charge < -0.3 is 19.4 Å². The number of halogens is 1. The van der Waals surface area contributed by atoms with Gasteiger partial charge in [0.2, 0.25) is 0 Å². The maximum atomic E-state index is 14.2. The van der Waals surface area contributed by atoms with Gasteiger partial charge in [0.05, 0.1) is 25.1 Å². The molecule has 7 heteroatoms. The minimum absolute atomic E-state index is 0.147. The van der Waals surface area contributed by atoms with Crippen molar-refractivity contribution in [2.45, 2.75) is 26.3 Å². The molecule has 0 radical (unpaired) electrons. The number of methoxy groups -OCH3 is 1. The van der Waals surface area contributed by atoms with E-state index in [0.717, 1.165) is 6.42 Å². The normalized spacial score (nSPS) is 12.6. The SMILES string of the molecule is CCOC(=O)c1c(Nc2ccc(OC)cc2F)cc(=O)n2c1CCC2. The molecule has 0 atom stereocenters. The van der Waals surface area contributed by atoms with E-state index in [2.05, 4.69) is 5.32 Å². The van der Waals surface area contributed by atoms with Gasteiger partial charge in [0.25, 0.3) is 5.56 Å². The van der Waals surface area contributed by atoms with Crippen LogP contribution in [0.1, 0.15) is 29.4 Å². The molecule has 6 nitrogen and oxygen atoms in total. The van der Waals surface area contributed by atoms with Crippen LogP contribution in [-0.4, -0.2) is 24.3 Å². The van der Waals surface area contributed by atoms with Gasteiger partial charge in [0, 0.05) is 24.4 Å². The number of aromatic nitrogens is 1. The van der Waals surface area contributed by atoms with Crippen LogP contribution in [0.4, 0.5) is 15.8 Å². The van der Waals surface area contributed by atoms with E-state index in [9.17, 15) is 14.0 Å². The second-order valence-corrected chi connectivity index (χ2v) is 5.66. The Labute approximate surface area is 144 Å². The lowest BCUT2D eigenvalue weighted by atomic mass is 10.1. The molecule has 2 aromatic rings. The number of benzene rings is 1. The fourth-order valence-electron chi connectivity index (χ4n) is 3.01. The molecule has 0 fully saturated rings. The van der Waals surface area contributed by atoms with E-state index < -0.39 is 11.8 Å². The van der Waals surface area contributed by atoms with E-state index in [-0.39, 0.29) is 29.1 Å². The van der Waals surface area contributed by atoms with Gasteiger partial charge in [-0.05, 0) is 31.9 Å². The molecule has 0 bridgehead atoms. The Bertz CT molecular complexity index is 876. The lowest BCUT2D eigenvalue weighted by molar-refractivity contribution is 0.0525. The zero-order valence-corrected chi connectivity index (χ0v) is 14.1. The number of hydrogen-bond donors (Lipinski definition) is 1. The Kier molecular flexibility index (Phi) is 4.74. The van der Waals surface area contributed by atoms with Gasteiger partial charge in [-0.25, -0.2) is 9.18 Å². The third-order valence-electron chi connectivity index (χ3n) is 4.14. The molecule has 0 unspecified atom stereocenters. The molecule has 1 aliphatic rings. The van der Waals surface area contributed by atoms with E-state index in [1.807, 2.05) is 0 Å². The van der Waals surface area contributed by atoms with Gasteiger partial charge in [0.15, 0.2) is 0 Å². The number of hydrogen-bond acceptors (Lipinski definition) is 5. The largest absolute Gasteiger partial charge is 0.497 e. The minimum Gasteiger partial charge on any atom is -0.497 e. The number of esters is 1. The minimum atomic E-state index is -0.547. The van der Waals surface area contributed by atoms with E-state index >= 15 is 0 Å². The highest BCUT2D eigenvalue weighted by atomic mass is 19.1. The van der Waals surface area contributed by atoms with Crippen molar-refractivity contribution >= 4 is 17.3 Å². The number of nitrogens with one attached hydrogen (secondary N) is 1. The first-order chi connectivity index (χ1) is 12.0. The summed E-state index contributed by atoms with van der Waals surface area (Å²) in [6, 6.07) is 5.63. The second-order valence-electron chi connectivity index (χ2n) is 5.66. The summed E-state index contributed by atoms with van der Waals surface area (Å²) >= 11 is 0. The molecule has 0 saturated heterocycles. The first-order valence-corrected chi connectivity index (χ1v) is 8.09. The van der Waals surface area contributed by atoms with Crippen molar-refractivity contribution in [2.75, 3.05) is 19.0 Å². The lowest BCUT2D eigenvalue weighted by Crippen LogP contribution is -2.24. The average Bonchev–Trinajstić information content (AvgIpc) is 3.07. The van der Waals surface area contributed by atoms with Crippen molar-refractivity contribution in [2.24, 2.45) is 0 Å². The van der Waals surface area contributed by atoms with Crippen LogP contribution in [0.5, 0.6) is 5.75 Å². The van der Waals surface area contributed by atoms with E-state index in [0.29, 0.717) is 24.4 Å². The number of fused-ring (bicyclic) bond motifs is 1. The van der Waals surface area contributed by atoms with Gasteiger partial charge in [-0.3, -0.25) is 4.79 Å². The number of anilines is 2. The Hall–Kier alpha value is -2.83. The Morgan fingerprint density at radius 1 is 1.32 bits per heavy atom. The Morgan fingerprint density at radius 2 is 2.12 bits per heavy atom. The molecule has 1 aliphatic heterocycles. The molecule has 3 rings (SSSR count). The molecule has 0 spiro atoms. The van der Waals surface area contributed by atoms with Gasteiger partial charge in [-0.1, -0.05) is 0 Å². The van der Waals surface area contributed by atoms with Crippen LogP contribution in [0.2, 0.25) is 0 Å². The molecule has 1 aromatic heterocycles. The van der Waals surface area contributed by atoms with Crippen LogP contribution in [0.25, 0.3) is 0 Å². The van der Waals surface area contributed by atoms with Crippen LogP contribution in [-0.2, 0) is 17.7 Å². The standard InChI is InChI=1S/C18H19FN2O4/c1-3-25-18(23)17-14(10-16(22)21-8-4-5-15(17)21)20-13-7-6-11(24-2)9-12(13)19/h6-7,9-10,20H,3-5,8H2,1-2H3. The topological polar surface area (TPSA) is 69.6 Å². The number of pyridine rings is 1. The summed E-state index contributed by atoms with van der Waals surface area (Å²) in [4.78, 5) is 24.7. The lowest BCUT2D eigenvalue weighted by Gasteiger charge is -2.16. The summed E-state index contributed by atoms with van der Waals surface area (Å²) in [6.07, 6.45) is 1.38. The van der Waals surface area contributed by atoms with Crippen LogP contribution in [0.15, 0.2) is 29.1 Å². The summed E-state index contributed by atoms with van der Waals surface area (Å²) in [5, 5.41) is 2.86. The third-order valence-corrected chi connectivity index (χ3v) is 4.14. The summed E-state index contributed by atoms with van der Waals surface area (Å²) in [5.74, 6) is -0.693.